The van der Waals surface area contributed by atoms with Gasteiger partial charge in [0.1, 0.15) is 4.32 Å². The molecule has 13 heavy (non-hydrogen) atoms. The van der Waals surface area contributed by atoms with Crippen LogP contribution in [-0.2, 0) is 4.79 Å². The number of ketones is 1. The molecule has 74 valence electrons. The van der Waals surface area contributed by atoms with Crippen molar-refractivity contribution in [3.8, 4) is 0 Å². The number of alkyl halides is 1. The molecule has 1 aliphatic rings. The van der Waals surface area contributed by atoms with Crippen molar-refractivity contribution in [1.29, 1.82) is 0 Å². The second-order valence-electron chi connectivity index (χ2n) is 3.68. The van der Waals surface area contributed by atoms with Crippen molar-refractivity contribution < 1.29 is 4.79 Å². The zero-order valence-corrected chi connectivity index (χ0v) is 9.77. The molecule has 0 saturated carbocycles. The number of hydrogen-bond acceptors (Lipinski definition) is 1. The summed E-state index contributed by atoms with van der Waals surface area (Å²) in [7, 11) is 0. The number of carbonyl (C=O) groups excluding carboxylic acids is 1. The zero-order chi connectivity index (χ0) is 9.73. The lowest BCUT2D eigenvalue weighted by Gasteiger charge is -2.25. The molecule has 0 aromatic rings. The molecule has 0 radical (unpaired) electrons. The fourth-order valence-electron chi connectivity index (χ4n) is 1.61. The van der Waals surface area contributed by atoms with Crippen LogP contribution < -0.4 is 0 Å². The average Bonchev–Trinajstić information content (AvgIpc) is 2.15. The lowest BCUT2D eigenvalue weighted by molar-refractivity contribution is -0.120. The number of halogens is 1. The highest BCUT2D eigenvalue weighted by Crippen LogP contribution is 2.33. The van der Waals surface area contributed by atoms with E-state index in [0.29, 0.717) is 12.2 Å². The summed E-state index contributed by atoms with van der Waals surface area (Å²) >= 11 is 3.56. The number of carbonyl (C=O) groups is 1. The van der Waals surface area contributed by atoms with Crippen molar-refractivity contribution in [2.24, 2.45) is 0 Å². The van der Waals surface area contributed by atoms with Crippen LogP contribution in [-0.4, -0.2) is 10.1 Å². The Labute approximate surface area is 88.7 Å². The van der Waals surface area contributed by atoms with E-state index in [1.807, 2.05) is 6.08 Å². The predicted molar refractivity (Wildman–Crippen MR) is 59.2 cm³/mol. The Balaban J connectivity index is 2.52. The average molecular weight is 245 g/mol. The summed E-state index contributed by atoms with van der Waals surface area (Å²) in [5.74, 6) is 0.352. The summed E-state index contributed by atoms with van der Waals surface area (Å²) < 4.78 is -0.319. The summed E-state index contributed by atoms with van der Waals surface area (Å²) in [4.78, 5) is 11.8. The van der Waals surface area contributed by atoms with E-state index >= 15 is 0 Å². The molecule has 0 heterocycles. The minimum atomic E-state index is -0.319. The summed E-state index contributed by atoms with van der Waals surface area (Å²) in [6.07, 6.45) is 10.2. The van der Waals surface area contributed by atoms with Gasteiger partial charge >= 0.3 is 0 Å². The molecule has 0 spiro atoms. The Hall–Kier alpha value is -0.110. The maximum atomic E-state index is 11.8. The molecule has 2 heteroatoms. The lowest BCUT2D eigenvalue weighted by atomic mass is 9.90. The molecule has 0 saturated heterocycles. The first-order valence-electron chi connectivity index (χ1n) is 5.09. The van der Waals surface area contributed by atoms with Gasteiger partial charge in [-0.05, 0) is 25.7 Å². The minimum absolute atomic E-state index is 0.319. The zero-order valence-electron chi connectivity index (χ0n) is 8.18. The molecule has 1 nitrogen and oxygen atoms in total. The molecule has 0 fully saturated rings. The van der Waals surface area contributed by atoms with Gasteiger partial charge in [-0.1, -0.05) is 41.4 Å². The van der Waals surface area contributed by atoms with Gasteiger partial charge in [0.15, 0.2) is 5.78 Å². The maximum absolute atomic E-state index is 11.8. The molecule has 0 aliphatic heterocycles. The van der Waals surface area contributed by atoms with Gasteiger partial charge in [-0.2, -0.15) is 0 Å². The third-order valence-electron chi connectivity index (χ3n) is 2.51. The monoisotopic (exact) mass is 244 g/mol. The van der Waals surface area contributed by atoms with Crippen molar-refractivity contribution in [3.63, 3.8) is 0 Å². The van der Waals surface area contributed by atoms with Crippen LogP contribution in [0.3, 0.4) is 0 Å². The van der Waals surface area contributed by atoms with Crippen LogP contribution in [0.1, 0.15) is 45.4 Å². The van der Waals surface area contributed by atoms with E-state index < -0.39 is 0 Å². The first-order valence-corrected chi connectivity index (χ1v) is 5.88. The Morgan fingerprint density at radius 1 is 1.62 bits per heavy atom. The summed E-state index contributed by atoms with van der Waals surface area (Å²) in [6, 6.07) is 0. The second kappa shape index (κ2) is 4.94. The molecule has 0 N–H and O–H groups in total. The van der Waals surface area contributed by atoms with Crippen molar-refractivity contribution in [2.75, 3.05) is 0 Å². The maximum Gasteiger partial charge on any atom is 0.153 e. The summed E-state index contributed by atoms with van der Waals surface area (Å²) in [5, 5.41) is 0. The van der Waals surface area contributed by atoms with Gasteiger partial charge in [0.05, 0.1) is 0 Å². The van der Waals surface area contributed by atoms with E-state index in [4.69, 9.17) is 0 Å². The molecule has 0 bridgehead atoms. The van der Waals surface area contributed by atoms with Crippen molar-refractivity contribution in [3.05, 3.63) is 12.2 Å². The number of allylic oxidation sites excluding steroid dienone is 2. The van der Waals surface area contributed by atoms with E-state index in [1.165, 1.54) is 0 Å². The highest BCUT2D eigenvalue weighted by molar-refractivity contribution is 9.10. The van der Waals surface area contributed by atoms with Gasteiger partial charge in [-0.15, -0.1) is 0 Å². The van der Waals surface area contributed by atoms with Gasteiger partial charge in [-0.25, -0.2) is 0 Å². The molecular formula is C11H17BrO. The highest BCUT2D eigenvalue weighted by atomic mass is 79.9. The van der Waals surface area contributed by atoms with Gasteiger partial charge in [0, 0.05) is 6.42 Å². The number of hydrogen-bond donors (Lipinski definition) is 0. The molecule has 1 atom stereocenters. The van der Waals surface area contributed by atoms with Gasteiger partial charge in [-0.3, -0.25) is 4.79 Å². The van der Waals surface area contributed by atoms with Crippen LogP contribution >= 0.6 is 15.9 Å². The van der Waals surface area contributed by atoms with Gasteiger partial charge in [0.2, 0.25) is 0 Å². The van der Waals surface area contributed by atoms with Crippen molar-refractivity contribution in [2.45, 2.75) is 49.8 Å². The third kappa shape index (κ3) is 2.94. The van der Waals surface area contributed by atoms with E-state index in [2.05, 4.69) is 28.9 Å². The van der Waals surface area contributed by atoms with Gasteiger partial charge in [0.25, 0.3) is 0 Å². The normalized spacial score (nSPS) is 27.5. The van der Waals surface area contributed by atoms with Crippen LogP contribution in [0.4, 0.5) is 0 Å². The van der Waals surface area contributed by atoms with Crippen LogP contribution in [0.2, 0.25) is 0 Å². The molecule has 1 rings (SSSR count). The van der Waals surface area contributed by atoms with Crippen LogP contribution in [0, 0.1) is 0 Å². The number of rotatable bonds is 4. The summed E-state index contributed by atoms with van der Waals surface area (Å²) in [5.41, 5.74) is 0. The minimum Gasteiger partial charge on any atom is -0.298 e. The number of Topliss-reactive ketones (excluding diaryl/α,β-unsaturated/α-hetero) is 1. The van der Waals surface area contributed by atoms with E-state index in [9.17, 15) is 4.79 Å². The molecule has 0 aromatic carbocycles. The molecule has 1 aliphatic carbocycles. The Morgan fingerprint density at radius 2 is 2.38 bits per heavy atom. The molecular weight excluding hydrogens is 228 g/mol. The first-order chi connectivity index (χ1) is 6.19. The van der Waals surface area contributed by atoms with Crippen molar-refractivity contribution in [1.82, 2.24) is 0 Å². The van der Waals surface area contributed by atoms with Crippen LogP contribution in [0.25, 0.3) is 0 Å². The van der Waals surface area contributed by atoms with E-state index in [0.717, 1.165) is 32.1 Å². The third-order valence-corrected chi connectivity index (χ3v) is 3.62. The quantitative estimate of drug-likeness (QED) is 0.546. The fraction of sp³-hybridized carbons (Fsp3) is 0.727. The van der Waals surface area contributed by atoms with E-state index in [1.54, 1.807) is 0 Å². The molecule has 0 unspecified atom stereocenters. The highest BCUT2D eigenvalue weighted by Gasteiger charge is 2.32. The summed E-state index contributed by atoms with van der Waals surface area (Å²) in [6.45, 7) is 2.12. The van der Waals surface area contributed by atoms with Crippen molar-refractivity contribution >= 4 is 21.7 Å². The van der Waals surface area contributed by atoms with Gasteiger partial charge < -0.3 is 0 Å². The van der Waals surface area contributed by atoms with E-state index in [-0.39, 0.29) is 4.32 Å². The smallest absolute Gasteiger partial charge is 0.153 e. The van der Waals surface area contributed by atoms with Crippen LogP contribution in [0.5, 0.6) is 0 Å². The molecule has 0 amide bonds. The lowest BCUT2D eigenvalue weighted by Crippen LogP contribution is -2.30. The Bertz CT molecular complexity index is 210. The Kier molecular flexibility index (Phi) is 4.17. The topological polar surface area (TPSA) is 17.1 Å². The first kappa shape index (κ1) is 11.0. The second-order valence-corrected chi connectivity index (χ2v) is 5.10. The van der Waals surface area contributed by atoms with Crippen LogP contribution in [0.15, 0.2) is 12.2 Å². The largest absolute Gasteiger partial charge is 0.298 e. The standard InChI is InChI=1S/C11H17BrO/c1-2-3-7-10(13)11(12)8-5-4-6-9-11/h5,8H,2-4,6-7,9H2,1H3/t11-/m0/s1. The number of unbranched alkanes of at least 4 members (excludes halogenated alkanes) is 1. The Morgan fingerprint density at radius 3 is 2.92 bits per heavy atom. The predicted octanol–water partition coefficient (Wildman–Crippen LogP) is 3.62. The SMILES string of the molecule is CCCCC(=O)[C@]1(Br)C=CCCC1. The fourth-order valence-corrected chi connectivity index (χ4v) is 2.27. The molecule has 0 aromatic heterocycles.